The van der Waals surface area contributed by atoms with E-state index < -0.39 is 29.8 Å². The molecule has 0 unspecified atom stereocenters. The maximum Gasteiger partial charge on any atom is 0.411 e. The van der Waals surface area contributed by atoms with Crippen LogP contribution in [0.2, 0.25) is 0 Å². The number of fused-ring (bicyclic) bond motifs is 2. The molecule has 2 atom stereocenters. The smallest absolute Gasteiger partial charge is 0.411 e. The van der Waals surface area contributed by atoms with Gasteiger partial charge in [0.05, 0.1) is 20.2 Å². The molecule has 36 heavy (non-hydrogen) atoms. The first-order chi connectivity index (χ1) is 16.9. The fourth-order valence-corrected chi connectivity index (χ4v) is 4.52. The summed E-state index contributed by atoms with van der Waals surface area (Å²) in [5.41, 5.74) is 2.65. The summed E-state index contributed by atoms with van der Waals surface area (Å²) in [6.45, 7) is 7.68. The van der Waals surface area contributed by atoms with Gasteiger partial charge in [-0.25, -0.2) is 9.59 Å². The minimum Gasteiger partial charge on any atom is -0.508 e. The lowest BCUT2D eigenvalue weighted by molar-refractivity contribution is -0.147. The molecular weight excluding hydrogens is 464 g/mol. The van der Waals surface area contributed by atoms with Gasteiger partial charge in [-0.15, -0.1) is 0 Å². The van der Waals surface area contributed by atoms with Crippen molar-refractivity contribution in [3.63, 3.8) is 0 Å². The Hall–Kier alpha value is -3.75. The van der Waals surface area contributed by atoms with Crippen molar-refractivity contribution in [2.75, 3.05) is 13.7 Å². The zero-order chi connectivity index (χ0) is 26.2. The molecule has 0 bridgehead atoms. The van der Waals surface area contributed by atoms with Gasteiger partial charge >= 0.3 is 12.1 Å². The van der Waals surface area contributed by atoms with Gasteiger partial charge in [0.2, 0.25) is 5.91 Å². The maximum atomic E-state index is 13.0. The quantitative estimate of drug-likeness (QED) is 0.632. The molecule has 2 aliphatic rings. The Morgan fingerprint density at radius 2 is 1.72 bits per heavy atom. The topological polar surface area (TPSA) is 106 Å². The van der Waals surface area contributed by atoms with Crippen molar-refractivity contribution >= 4 is 18.0 Å². The normalized spacial score (nSPS) is 19.4. The van der Waals surface area contributed by atoms with Gasteiger partial charge in [-0.1, -0.05) is 12.1 Å². The Morgan fingerprint density at radius 3 is 2.33 bits per heavy atom. The Morgan fingerprint density at radius 1 is 1.03 bits per heavy atom. The van der Waals surface area contributed by atoms with Crippen LogP contribution in [-0.4, -0.2) is 58.2 Å². The molecule has 1 N–H and O–H groups in total. The van der Waals surface area contributed by atoms with Crippen molar-refractivity contribution in [1.29, 1.82) is 0 Å². The molecule has 0 spiro atoms. The number of amides is 2. The van der Waals surface area contributed by atoms with Crippen molar-refractivity contribution in [2.24, 2.45) is 0 Å². The highest BCUT2D eigenvalue weighted by molar-refractivity contribution is 5.82. The number of hydrogen-bond acceptors (Lipinski definition) is 7. The maximum absolute atomic E-state index is 13.0. The lowest BCUT2D eigenvalue weighted by atomic mass is 9.92. The predicted octanol–water partition coefficient (Wildman–Crippen LogP) is 3.71. The lowest BCUT2D eigenvalue weighted by Gasteiger charge is -2.36. The van der Waals surface area contributed by atoms with Gasteiger partial charge in [0, 0.05) is 25.5 Å². The van der Waals surface area contributed by atoms with Crippen molar-refractivity contribution in [2.45, 2.75) is 65.0 Å². The van der Waals surface area contributed by atoms with E-state index in [0.29, 0.717) is 18.8 Å². The Balaban J connectivity index is 1.72. The molecule has 0 radical (unpaired) electrons. The number of phenolic OH excluding ortho intramolecular Hbond substituents is 1. The van der Waals surface area contributed by atoms with E-state index in [1.165, 1.54) is 18.9 Å². The third kappa shape index (κ3) is 5.40. The molecule has 4 rings (SSSR count). The van der Waals surface area contributed by atoms with Crippen LogP contribution >= 0.6 is 0 Å². The molecule has 2 aromatic rings. The Bertz CT molecular complexity index is 1170. The van der Waals surface area contributed by atoms with Crippen LogP contribution in [0.3, 0.4) is 0 Å². The molecule has 0 aliphatic carbocycles. The number of benzene rings is 2. The fourth-order valence-electron chi connectivity index (χ4n) is 4.52. The van der Waals surface area contributed by atoms with E-state index >= 15 is 0 Å². The monoisotopic (exact) mass is 496 g/mol. The summed E-state index contributed by atoms with van der Waals surface area (Å²) in [5.74, 6) is 0.149. The first-order valence-electron chi connectivity index (χ1n) is 11.9. The van der Waals surface area contributed by atoms with Gasteiger partial charge in [0.15, 0.2) is 0 Å². The molecule has 0 saturated heterocycles. The summed E-state index contributed by atoms with van der Waals surface area (Å²) in [7, 11) is 1.30. The van der Waals surface area contributed by atoms with Crippen molar-refractivity contribution in [3.8, 4) is 11.5 Å². The number of aromatic hydroxyl groups is 1. The first kappa shape index (κ1) is 25.3. The van der Waals surface area contributed by atoms with E-state index in [4.69, 9.17) is 14.2 Å². The van der Waals surface area contributed by atoms with Gasteiger partial charge in [0.25, 0.3) is 0 Å². The second-order valence-corrected chi connectivity index (χ2v) is 10.2. The standard InChI is InChI=1S/C27H32N2O7/c1-16(30)28-13-20-10-18-11-22(25(32)34-5)29(26(33)36-27(2,3)4)14-19(18)12-23(20)35-24(15-28)17-6-8-21(31)9-7-17/h6-10,12,22,24,31H,11,13-15H2,1-5H3/t22-,24+/m0/s1. The summed E-state index contributed by atoms with van der Waals surface area (Å²) >= 11 is 0. The predicted molar refractivity (Wildman–Crippen MR) is 130 cm³/mol. The number of ether oxygens (including phenoxy) is 3. The molecule has 0 saturated carbocycles. The number of carbonyl (C=O) groups excluding carboxylic acids is 3. The van der Waals surface area contributed by atoms with E-state index in [2.05, 4.69) is 0 Å². The molecule has 2 heterocycles. The van der Waals surface area contributed by atoms with Gasteiger partial charge in [-0.3, -0.25) is 9.69 Å². The molecule has 2 aliphatic heterocycles. The molecule has 9 heteroatoms. The molecule has 0 aromatic heterocycles. The number of hydrogen-bond donors (Lipinski definition) is 1. The molecule has 0 fully saturated rings. The summed E-state index contributed by atoms with van der Waals surface area (Å²) in [4.78, 5) is 41.1. The largest absolute Gasteiger partial charge is 0.508 e. The highest BCUT2D eigenvalue weighted by atomic mass is 16.6. The van der Waals surface area contributed by atoms with Crippen molar-refractivity contribution in [1.82, 2.24) is 9.80 Å². The highest BCUT2D eigenvalue weighted by Gasteiger charge is 2.39. The van der Waals surface area contributed by atoms with Crippen LogP contribution in [0.25, 0.3) is 0 Å². The van der Waals surface area contributed by atoms with E-state index in [9.17, 15) is 19.5 Å². The van der Waals surface area contributed by atoms with Crippen molar-refractivity contribution in [3.05, 3.63) is 58.7 Å². The molecule has 192 valence electrons. The summed E-state index contributed by atoms with van der Waals surface area (Å²) < 4.78 is 16.9. The van der Waals surface area contributed by atoms with E-state index in [1.807, 2.05) is 12.1 Å². The van der Waals surface area contributed by atoms with Crippen LogP contribution in [0.15, 0.2) is 36.4 Å². The number of rotatable bonds is 2. The van der Waals surface area contributed by atoms with Gasteiger partial charge in [0.1, 0.15) is 29.2 Å². The Kier molecular flexibility index (Phi) is 6.84. The lowest BCUT2D eigenvalue weighted by Crippen LogP contribution is -2.50. The van der Waals surface area contributed by atoms with Gasteiger partial charge in [-0.2, -0.15) is 0 Å². The SMILES string of the molecule is COC(=O)[C@@H]1Cc2cc3c(cc2CN1C(=O)OC(C)(C)C)O[C@@H](c1ccc(O)cc1)CN(C(C)=O)C3. The molecule has 2 aromatic carbocycles. The van der Waals surface area contributed by atoms with Gasteiger partial charge in [-0.05, 0) is 61.7 Å². The van der Waals surface area contributed by atoms with Crippen LogP contribution < -0.4 is 4.74 Å². The Labute approximate surface area is 210 Å². The number of phenols is 1. The summed E-state index contributed by atoms with van der Waals surface area (Å²) in [5, 5.41) is 9.68. The van der Waals surface area contributed by atoms with Crippen LogP contribution in [-0.2, 0) is 38.6 Å². The fraction of sp³-hybridized carbons (Fsp3) is 0.444. The molecular formula is C27H32N2O7. The van der Waals surface area contributed by atoms with Gasteiger partial charge < -0.3 is 24.2 Å². The van der Waals surface area contributed by atoms with Crippen LogP contribution in [0, 0.1) is 0 Å². The van der Waals surface area contributed by atoms with Crippen LogP contribution in [0.4, 0.5) is 4.79 Å². The third-order valence-electron chi connectivity index (χ3n) is 6.34. The minimum atomic E-state index is -0.823. The number of methoxy groups -OCH3 is 1. The second kappa shape index (κ2) is 9.72. The second-order valence-electron chi connectivity index (χ2n) is 10.2. The summed E-state index contributed by atoms with van der Waals surface area (Å²) in [6.07, 6.45) is -0.776. The first-order valence-corrected chi connectivity index (χ1v) is 11.9. The van der Waals surface area contributed by atoms with Crippen LogP contribution in [0.5, 0.6) is 11.5 Å². The van der Waals surface area contributed by atoms with E-state index in [0.717, 1.165) is 22.3 Å². The van der Waals surface area contributed by atoms with E-state index in [1.54, 1.807) is 49.9 Å². The third-order valence-corrected chi connectivity index (χ3v) is 6.34. The van der Waals surface area contributed by atoms with Crippen LogP contribution in [0.1, 0.15) is 56.1 Å². The molecule has 2 amide bonds. The zero-order valence-electron chi connectivity index (χ0n) is 21.2. The zero-order valence-corrected chi connectivity index (χ0v) is 21.2. The number of carbonyl (C=O) groups is 3. The summed E-state index contributed by atoms with van der Waals surface area (Å²) in [6, 6.07) is 9.72. The average molecular weight is 497 g/mol. The number of nitrogens with zero attached hydrogens (tertiary/aromatic N) is 2. The number of esters is 1. The molecule has 9 nitrogen and oxygen atoms in total. The minimum absolute atomic E-state index is 0.0866. The van der Waals surface area contributed by atoms with Crippen molar-refractivity contribution < 1.29 is 33.7 Å². The average Bonchev–Trinajstić information content (AvgIpc) is 3.00. The highest BCUT2D eigenvalue weighted by Crippen LogP contribution is 2.37. The van der Waals surface area contributed by atoms with E-state index in [-0.39, 0.29) is 24.6 Å².